The van der Waals surface area contributed by atoms with Crippen molar-refractivity contribution in [2.75, 3.05) is 11.4 Å². The third kappa shape index (κ3) is 2.32. The van der Waals surface area contributed by atoms with E-state index >= 15 is 0 Å². The van der Waals surface area contributed by atoms with Gasteiger partial charge < -0.3 is 0 Å². The van der Waals surface area contributed by atoms with Gasteiger partial charge >= 0.3 is 6.18 Å². The summed E-state index contributed by atoms with van der Waals surface area (Å²) in [5.74, 6) is -0.439. The number of rotatable bonds is 1. The maximum atomic E-state index is 12.7. The van der Waals surface area contributed by atoms with Crippen LogP contribution in [0.15, 0.2) is 18.3 Å². The Morgan fingerprint density at radius 3 is 2.76 bits per heavy atom. The molecule has 1 aliphatic heterocycles. The molecule has 9 heteroatoms. The van der Waals surface area contributed by atoms with E-state index in [1.54, 1.807) is 0 Å². The molecule has 1 aliphatic rings. The molecular formula is C12H9ClF3N3OS. The normalized spacial score (nSPS) is 19.0. The molecule has 3 rings (SSSR count). The molecule has 3 heterocycles. The first-order valence-electron chi connectivity index (χ1n) is 6.01. The molecule has 2 aromatic heterocycles. The summed E-state index contributed by atoms with van der Waals surface area (Å²) in [5.41, 5.74) is 0.206. The first kappa shape index (κ1) is 14.4. The third-order valence-corrected chi connectivity index (χ3v) is 4.63. The molecule has 1 atom stereocenters. The first-order chi connectivity index (χ1) is 9.79. The van der Waals surface area contributed by atoms with E-state index < -0.39 is 17.0 Å². The maximum absolute atomic E-state index is 12.7. The number of nitrogens with zero attached hydrogens (tertiary/aromatic N) is 3. The topological polar surface area (TPSA) is 38.1 Å². The van der Waals surface area contributed by atoms with Gasteiger partial charge in [-0.2, -0.15) is 18.3 Å². The molecule has 21 heavy (non-hydrogen) atoms. The van der Waals surface area contributed by atoms with Gasteiger partial charge in [0.1, 0.15) is 10.6 Å². The van der Waals surface area contributed by atoms with E-state index in [2.05, 4.69) is 5.10 Å². The number of aromatic nitrogens is 2. The van der Waals surface area contributed by atoms with Crippen molar-refractivity contribution in [2.45, 2.75) is 19.1 Å². The Bertz CT molecular complexity index is 709. The van der Waals surface area contributed by atoms with Gasteiger partial charge in [0.05, 0.1) is 22.3 Å². The number of halogens is 4. The third-order valence-electron chi connectivity index (χ3n) is 3.20. The van der Waals surface area contributed by atoms with Crippen molar-refractivity contribution in [1.82, 2.24) is 9.78 Å². The van der Waals surface area contributed by atoms with E-state index in [1.807, 2.05) is 6.92 Å². The molecule has 0 unspecified atom stereocenters. The van der Waals surface area contributed by atoms with Crippen molar-refractivity contribution < 1.29 is 18.0 Å². The summed E-state index contributed by atoms with van der Waals surface area (Å²) in [6.07, 6.45) is -3.04. The second kappa shape index (κ2) is 4.74. The zero-order valence-electron chi connectivity index (χ0n) is 10.7. The smallest absolute Gasteiger partial charge is 0.296 e. The van der Waals surface area contributed by atoms with Crippen LogP contribution in [0.2, 0.25) is 5.02 Å². The van der Waals surface area contributed by atoms with Crippen LogP contribution in [-0.2, 0) is 6.18 Å². The summed E-state index contributed by atoms with van der Waals surface area (Å²) in [5, 5.41) is 4.47. The minimum atomic E-state index is -4.41. The van der Waals surface area contributed by atoms with E-state index in [-0.39, 0.29) is 28.3 Å². The number of amides is 1. The Morgan fingerprint density at radius 2 is 2.14 bits per heavy atom. The molecule has 4 nitrogen and oxygen atoms in total. The zero-order chi connectivity index (χ0) is 15.4. The van der Waals surface area contributed by atoms with Crippen LogP contribution in [0.25, 0.3) is 0 Å². The van der Waals surface area contributed by atoms with Crippen molar-refractivity contribution >= 4 is 33.8 Å². The van der Waals surface area contributed by atoms with Crippen LogP contribution in [-0.4, -0.2) is 22.2 Å². The molecule has 0 bridgehead atoms. The van der Waals surface area contributed by atoms with Gasteiger partial charge in [-0.3, -0.25) is 14.4 Å². The Hall–Kier alpha value is -1.54. The molecule has 2 aromatic rings. The minimum Gasteiger partial charge on any atom is -0.296 e. The lowest BCUT2D eigenvalue weighted by molar-refractivity contribution is -0.134. The number of carbonyl (C=O) groups is 1. The quantitative estimate of drug-likeness (QED) is 0.794. The highest BCUT2D eigenvalue weighted by atomic mass is 35.5. The number of hydrogen-bond donors (Lipinski definition) is 0. The van der Waals surface area contributed by atoms with Crippen molar-refractivity contribution in [1.29, 1.82) is 0 Å². The molecule has 1 amide bonds. The van der Waals surface area contributed by atoms with Crippen LogP contribution < -0.4 is 4.90 Å². The Morgan fingerprint density at radius 1 is 1.43 bits per heavy atom. The summed E-state index contributed by atoms with van der Waals surface area (Å²) in [4.78, 5) is 13.0. The Balaban J connectivity index is 1.99. The van der Waals surface area contributed by atoms with Gasteiger partial charge in [-0.25, -0.2) is 0 Å². The number of carbonyl (C=O) groups excluding carboxylic acids is 1. The molecule has 0 saturated carbocycles. The lowest BCUT2D eigenvalue weighted by atomic mass is 10.2. The molecule has 0 N–H and O–H groups in total. The summed E-state index contributed by atoms with van der Waals surface area (Å²) < 4.78 is 39.5. The second-order valence-electron chi connectivity index (χ2n) is 4.69. The standard InChI is InChI=1S/C12H9ClF3N3OS/c1-6-5-18(9-3-2-8(21-9)12(14,15)16)11(20)10-7(13)4-17-19(6)10/h2-4,6H,5H2,1H3/t6-/m0/s1. The monoisotopic (exact) mass is 335 g/mol. The zero-order valence-corrected chi connectivity index (χ0v) is 12.3. The molecular weight excluding hydrogens is 327 g/mol. The number of anilines is 1. The van der Waals surface area contributed by atoms with E-state index in [0.717, 1.165) is 6.07 Å². The predicted molar refractivity (Wildman–Crippen MR) is 72.9 cm³/mol. The van der Waals surface area contributed by atoms with Crippen LogP contribution >= 0.6 is 22.9 Å². The molecule has 0 saturated heterocycles. The average Bonchev–Trinajstić information content (AvgIpc) is 3.00. The molecule has 0 radical (unpaired) electrons. The predicted octanol–water partition coefficient (Wildman–Crippen LogP) is 3.84. The van der Waals surface area contributed by atoms with Gasteiger partial charge in [0.15, 0.2) is 0 Å². The van der Waals surface area contributed by atoms with Gasteiger partial charge in [0, 0.05) is 6.54 Å². The van der Waals surface area contributed by atoms with Crippen molar-refractivity contribution in [2.24, 2.45) is 0 Å². The highest BCUT2D eigenvalue weighted by molar-refractivity contribution is 7.16. The van der Waals surface area contributed by atoms with E-state index in [1.165, 1.54) is 21.8 Å². The summed E-state index contributed by atoms with van der Waals surface area (Å²) in [6, 6.07) is 2.12. The second-order valence-corrected chi connectivity index (χ2v) is 6.16. The number of thiophene rings is 1. The highest BCUT2D eigenvalue weighted by Gasteiger charge is 2.37. The number of alkyl halides is 3. The highest BCUT2D eigenvalue weighted by Crippen LogP contribution is 2.40. The van der Waals surface area contributed by atoms with Gasteiger partial charge in [0.2, 0.25) is 0 Å². The van der Waals surface area contributed by atoms with Gasteiger partial charge in [-0.05, 0) is 19.1 Å². The van der Waals surface area contributed by atoms with E-state index in [9.17, 15) is 18.0 Å². The van der Waals surface area contributed by atoms with Crippen LogP contribution in [0.4, 0.5) is 18.2 Å². The Labute approximate surface area is 126 Å². The SMILES string of the molecule is C[C@H]1CN(c2ccc(C(F)(F)F)s2)C(=O)c2c(Cl)cnn21. The average molecular weight is 336 g/mol. The van der Waals surface area contributed by atoms with Crippen LogP contribution in [0.1, 0.15) is 28.3 Å². The van der Waals surface area contributed by atoms with Gasteiger partial charge in [0.25, 0.3) is 5.91 Å². The summed E-state index contributed by atoms with van der Waals surface area (Å²) >= 11 is 6.48. The van der Waals surface area contributed by atoms with Gasteiger partial charge in [-0.1, -0.05) is 11.6 Å². The van der Waals surface area contributed by atoms with Crippen molar-refractivity contribution in [3.05, 3.63) is 33.9 Å². The van der Waals surface area contributed by atoms with Crippen LogP contribution in [0.3, 0.4) is 0 Å². The minimum absolute atomic E-state index is 0.165. The van der Waals surface area contributed by atoms with E-state index in [0.29, 0.717) is 11.3 Å². The van der Waals surface area contributed by atoms with Crippen molar-refractivity contribution in [3.63, 3.8) is 0 Å². The lowest BCUT2D eigenvalue weighted by Crippen LogP contribution is -2.42. The largest absolute Gasteiger partial charge is 0.425 e. The molecule has 0 spiro atoms. The Kier molecular flexibility index (Phi) is 3.25. The maximum Gasteiger partial charge on any atom is 0.425 e. The fourth-order valence-electron chi connectivity index (χ4n) is 2.24. The number of hydrogen-bond acceptors (Lipinski definition) is 3. The van der Waals surface area contributed by atoms with Gasteiger partial charge in [-0.15, -0.1) is 11.3 Å². The van der Waals surface area contributed by atoms with E-state index in [4.69, 9.17) is 11.6 Å². The van der Waals surface area contributed by atoms with Crippen molar-refractivity contribution in [3.8, 4) is 0 Å². The lowest BCUT2D eigenvalue weighted by Gasteiger charge is -2.30. The fraction of sp³-hybridized carbons (Fsp3) is 0.333. The molecule has 0 aromatic carbocycles. The van der Waals surface area contributed by atoms with Crippen LogP contribution in [0, 0.1) is 0 Å². The summed E-state index contributed by atoms with van der Waals surface area (Å²) in [6.45, 7) is 2.08. The molecule has 0 fully saturated rings. The first-order valence-corrected chi connectivity index (χ1v) is 7.20. The molecule has 112 valence electrons. The number of fused-ring (bicyclic) bond motifs is 1. The summed E-state index contributed by atoms with van der Waals surface area (Å²) in [7, 11) is 0. The molecule has 0 aliphatic carbocycles. The fourth-order valence-corrected chi connectivity index (χ4v) is 3.33. The van der Waals surface area contributed by atoms with Crippen LogP contribution in [0.5, 0.6) is 0 Å².